The van der Waals surface area contributed by atoms with Crippen molar-refractivity contribution in [2.24, 2.45) is 4.99 Å². The van der Waals surface area contributed by atoms with Crippen LogP contribution in [-0.4, -0.2) is 24.4 Å². The number of esters is 2. The van der Waals surface area contributed by atoms with Gasteiger partial charge in [-0.25, -0.2) is 14.6 Å². The van der Waals surface area contributed by atoms with Gasteiger partial charge in [0, 0.05) is 5.56 Å². The van der Waals surface area contributed by atoms with Crippen molar-refractivity contribution < 1.29 is 23.8 Å². The van der Waals surface area contributed by atoms with Crippen molar-refractivity contribution in [3.8, 4) is 11.5 Å². The van der Waals surface area contributed by atoms with Crippen LogP contribution in [0.2, 0.25) is 0 Å². The molecule has 3 aromatic rings. The number of hydrogen-bond donors (Lipinski definition) is 0. The van der Waals surface area contributed by atoms with Gasteiger partial charge in [0.15, 0.2) is 17.2 Å². The Morgan fingerprint density at radius 1 is 1.00 bits per heavy atom. The molecule has 1 heterocycles. The molecule has 0 atom stereocenters. The maximum Gasteiger partial charge on any atom is 0.363 e. The highest BCUT2D eigenvalue weighted by molar-refractivity contribution is 6.12. The third-order valence-electron chi connectivity index (χ3n) is 4.70. The molecule has 0 amide bonds. The van der Waals surface area contributed by atoms with E-state index in [4.69, 9.17) is 14.2 Å². The number of carbonyl (C=O) groups is 2. The molecule has 0 bridgehead atoms. The van der Waals surface area contributed by atoms with Gasteiger partial charge in [-0.3, -0.25) is 0 Å². The lowest BCUT2D eigenvalue weighted by Gasteiger charge is -2.11. The summed E-state index contributed by atoms with van der Waals surface area (Å²) >= 11 is 0. The Morgan fingerprint density at radius 2 is 1.75 bits per heavy atom. The van der Waals surface area contributed by atoms with E-state index in [2.05, 4.69) is 4.99 Å². The number of cyclic esters (lactones) is 1. The van der Waals surface area contributed by atoms with Gasteiger partial charge in [-0.15, -0.1) is 0 Å². The lowest BCUT2D eigenvalue weighted by Crippen LogP contribution is -2.09. The number of ether oxygens (including phenoxy) is 3. The molecule has 0 saturated carbocycles. The van der Waals surface area contributed by atoms with Gasteiger partial charge >= 0.3 is 11.9 Å². The zero-order chi connectivity index (χ0) is 22.5. The molecule has 0 aromatic heterocycles. The number of aliphatic imine (C=N–C) groups is 1. The average Bonchev–Trinajstić information content (AvgIpc) is 3.16. The average molecular weight is 427 g/mol. The number of rotatable bonds is 6. The van der Waals surface area contributed by atoms with Gasteiger partial charge in [0.2, 0.25) is 5.90 Å². The van der Waals surface area contributed by atoms with Gasteiger partial charge in [-0.1, -0.05) is 42.0 Å². The van der Waals surface area contributed by atoms with Gasteiger partial charge in [-0.05, 0) is 61.9 Å². The first-order valence-corrected chi connectivity index (χ1v) is 10.2. The third-order valence-corrected chi connectivity index (χ3v) is 4.70. The number of nitrogens with zero attached hydrogens (tertiary/aromatic N) is 1. The van der Waals surface area contributed by atoms with Crippen LogP contribution in [0.5, 0.6) is 11.5 Å². The molecule has 4 rings (SSSR count). The number of benzene rings is 3. The van der Waals surface area contributed by atoms with Gasteiger partial charge in [0.1, 0.15) is 0 Å². The Kier molecular flexibility index (Phi) is 6.12. The molecule has 6 nitrogen and oxygen atoms in total. The summed E-state index contributed by atoms with van der Waals surface area (Å²) < 4.78 is 16.5. The first kappa shape index (κ1) is 21.1. The Balaban J connectivity index is 1.59. The number of carbonyl (C=O) groups excluding carboxylic acids is 2. The van der Waals surface area contributed by atoms with E-state index >= 15 is 0 Å². The SMILES string of the molecule is CCOc1cc(/C=C2\N=C(c3ccc(C)cc3)OC2=O)ccc1OC(=O)c1ccccc1. The molecular weight excluding hydrogens is 406 g/mol. The van der Waals surface area contributed by atoms with Gasteiger partial charge in [0.05, 0.1) is 12.2 Å². The fourth-order valence-corrected chi connectivity index (χ4v) is 3.09. The van der Waals surface area contributed by atoms with Crippen molar-refractivity contribution in [1.29, 1.82) is 0 Å². The molecule has 0 N–H and O–H groups in total. The van der Waals surface area contributed by atoms with Crippen molar-refractivity contribution in [2.75, 3.05) is 6.61 Å². The van der Waals surface area contributed by atoms with Crippen LogP contribution < -0.4 is 9.47 Å². The smallest absolute Gasteiger partial charge is 0.363 e. The molecular formula is C26H21NO5. The summed E-state index contributed by atoms with van der Waals surface area (Å²) in [7, 11) is 0. The maximum absolute atomic E-state index is 12.4. The van der Waals surface area contributed by atoms with Gasteiger partial charge in [0.25, 0.3) is 0 Å². The van der Waals surface area contributed by atoms with Crippen molar-refractivity contribution in [3.05, 3.63) is 101 Å². The molecule has 1 aliphatic heterocycles. The Hall–Kier alpha value is -4.19. The van der Waals surface area contributed by atoms with E-state index in [9.17, 15) is 9.59 Å². The van der Waals surface area contributed by atoms with Crippen LogP contribution in [0.25, 0.3) is 6.08 Å². The van der Waals surface area contributed by atoms with Crippen molar-refractivity contribution in [2.45, 2.75) is 13.8 Å². The summed E-state index contributed by atoms with van der Waals surface area (Å²) in [4.78, 5) is 29.0. The zero-order valence-electron chi connectivity index (χ0n) is 17.7. The fraction of sp³-hybridized carbons (Fsp3) is 0.115. The summed E-state index contributed by atoms with van der Waals surface area (Å²) in [5.74, 6) is -0.0666. The Morgan fingerprint density at radius 3 is 2.47 bits per heavy atom. The van der Waals surface area contributed by atoms with Crippen LogP contribution in [0.15, 0.2) is 83.5 Å². The van der Waals surface area contributed by atoms with E-state index in [1.165, 1.54) is 0 Å². The van der Waals surface area contributed by atoms with Crippen molar-refractivity contribution in [3.63, 3.8) is 0 Å². The predicted octanol–water partition coefficient (Wildman–Crippen LogP) is 4.96. The molecule has 32 heavy (non-hydrogen) atoms. The van der Waals surface area contributed by atoms with E-state index < -0.39 is 11.9 Å². The van der Waals surface area contributed by atoms with Gasteiger partial charge < -0.3 is 14.2 Å². The summed E-state index contributed by atoms with van der Waals surface area (Å²) in [6, 6.07) is 21.3. The largest absolute Gasteiger partial charge is 0.490 e. The molecule has 0 saturated heterocycles. The van der Waals surface area contributed by atoms with Crippen LogP contribution in [-0.2, 0) is 9.53 Å². The highest BCUT2D eigenvalue weighted by atomic mass is 16.6. The minimum atomic E-state index is -0.530. The summed E-state index contributed by atoms with van der Waals surface area (Å²) in [5.41, 5.74) is 3.11. The molecule has 6 heteroatoms. The normalized spacial score (nSPS) is 14.1. The van der Waals surface area contributed by atoms with E-state index in [1.807, 2.05) is 44.2 Å². The molecule has 160 valence electrons. The number of aryl methyl sites for hydroxylation is 1. The summed E-state index contributed by atoms with van der Waals surface area (Å²) in [5, 5.41) is 0. The zero-order valence-corrected chi connectivity index (χ0v) is 17.7. The van der Waals surface area contributed by atoms with E-state index in [-0.39, 0.29) is 11.6 Å². The molecule has 0 unspecified atom stereocenters. The van der Waals surface area contributed by atoms with Crippen LogP contribution in [0, 0.1) is 6.92 Å². The van der Waals surface area contributed by atoms with Gasteiger partial charge in [-0.2, -0.15) is 0 Å². The summed E-state index contributed by atoms with van der Waals surface area (Å²) in [6.45, 7) is 4.20. The molecule has 0 radical (unpaired) electrons. The fourth-order valence-electron chi connectivity index (χ4n) is 3.09. The van der Waals surface area contributed by atoms with Crippen molar-refractivity contribution >= 4 is 23.9 Å². The molecule has 0 fully saturated rings. The van der Waals surface area contributed by atoms with E-state index in [0.717, 1.165) is 11.1 Å². The predicted molar refractivity (Wildman–Crippen MR) is 121 cm³/mol. The molecule has 0 aliphatic carbocycles. The Bertz CT molecular complexity index is 1210. The quantitative estimate of drug-likeness (QED) is 0.316. The standard InChI is InChI=1S/C26H21NO5/c1-3-30-23-16-18(11-14-22(23)31-25(28)20-7-5-4-6-8-20)15-21-26(29)32-24(27-21)19-12-9-17(2)10-13-19/h4-16H,3H2,1-2H3/b21-15-. The number of hydrogen-bond acceptors (Lipinski definition) is 6. The van der Waals surface area contributed by atoms with Crippen LogP contribution >= 0.6 is 0 Å². The van der Waals surface area contributed by atoms with E-state index in [0.29, 0.717) is 29.2 Å². The maximum atomic E-state index is 12.4. The molecule has 1 aliphatic rings. The second kappa shape index (κ2) is 9.31. The lowest BCUT2D eigenvalue weighted by atomic mass is 10.1. The first-order valence-electron chi connectivity index (χ1n) is 10.2. The lowest BCUT2D eigenvalue weighted by molar-refractivity contribution is -0.129. The Labute approximate surface area is 185 Å². The third kappa shape index (κ3) is 4.75. The van der Waals surface area contributed by atoms with Crippen LogP contribution in [0.4, 0.5) is 0 Å². The highest BCUT2D eigenvalue weighted by Gasteiger charge is 2.24. The van der Waals surface area contributed by atoms with Crippen LogP contribution in [0.3, 0.4) is 0 Å². The van der Waals surface area contributed by atoms with Crippen molar-refractivity contribution in [1.82, 2.24) is 0 Å². The minimum absolute atomic E-state index is 0.178. The highest BCUT2D eigenvalue weighted by Crippen LogP contribution is 2.31. The molecule has 3 aromatic carbocycles. The minimum Gasteiger partial charge on any atom is -0.490 e. The topological polar surface area (TPSA) is 74.2 Å². The first-order chi connectivity index (χ1) is 15.5. The summed E-state index contributed by atoms with van der Waals surface area (Å²) in [6.07, 6.45) is 1.61. The second-order valence-corrected chi connectivity index (χ2v) is 7.10. The monoisotopic (exact) mass is 427 g/mol. The van der Waals surface area contributed by atoms with Crippen LogP contribution in [0.1, 0.15) is 34.0 Å². The molecule has 0 spiro atoms. The second-order valence-electron chi connectivity index (χ2n) is 7.10. The van der Waals surface area contributed by atoms with E-state index in [1.54, 1.807) is 48.5 Å².